The summed E-state index contributed by atoms with van der Waals surface area (Å²) in [6.07, 6.45) is 0. The van der Waals surface area contributed by atoms with Crippen LogP contribution in [0.15, 0.2) is 158 Å². The van der Waals surface area contributed by atoms with Gasteiger partial charge in [-0.25, -0.2) is 0 Å². The first-order valence-electron chi connectivity index (χ1n) is 14.8. The van der Waals surface area contributed by atoms with E-state index in [4.69, 9.17) is 0 Å². The van der Waals surface area contributed by atoms with E-state index in [0.717, 1.165) is 0 Å². The number of rotatable bonds is 3. The molecule has 1 heterocycles. The summed E-state index contributed by atoms with van der Waals surface area (Å²) in [6, 6.07) is 57.9. The van der Waals surface area contributed by atoms with Crippen LogP contribution in [0.1, 0.15) is 0 Å². The van der Waals surface area contributed by atoms with Crippen molar-refractivity contribution >= 4 is 63.8 Å². The highest BCUT2D eigenvalue weighted by Gasteiger charge is 2.18. The van der Waals surface area contributed by atoms with Gasteiger partial charge in [0.15, 0.2) is 0 Å². The molecule has 0 fully saturated rings. The van der Waals surface area contributed by atoms with Gasteiger partial charge in [-0.05, 0) is 83.9 Å². The summed E-state index contributed by atoms with van der Waals surface area (Å²) in [5.74, 6) is 0. The SMILES string of the molecule is c1ccc(-c2c3ccccc3c(-c3ccc4sc5cccc(-c6cccc7ccccc67)c5c4c3)c3ccccc23)cc1. The second-order valence-corrected chi connectivity index (χ2v) is 12.3. The monoisotopic (exact) mass is 562 g/mol. The summed E-state index contributed by atoms with van der Waals surface area (Å²) in [5, 5.41) is 10.4. The minimum atomic E-state index is 1.25. The summed E-state index contributed by atoms with van der Waals surface area (Å²) in [7, 11) is 0. The Bertz CT molecular complexity index is 2440. The highest BCUT2D eigenvalue weighted by molar-refractivity contribution is 7.26. The van der Waals surface area contributed by atoms with E-state index in [1.165, 1.54) is 85.9 Å². The Morgan fingerprint density at radius 3 is 1.60 bits per heavy atom. The molecule has 0 N–H and O–H groups in total. The number of benzene rings is 8. The molecule has 0 aliphatic rings. The van der Waals surface area contributed by atoms with Crippen LogP contribution >= 0.6 is 11.3 Å². The molecule has 9 aromatic rings. The minimum absolute atomic E-state index is 1.25. The largest absolute Gasteiger partial charge is 0.135 e. The molecule has 0 radical (unpaired) electrons. The van der Waals surface area contributed by atoms with Crippen LogP contribution in [0.5, 0.6) is 0 Å². The predicted molar refractivity (Wildman–Crippen MR) is 188 cm³/mol. The van der Waals surface area contributed by atoms with Gasteiger partial charge < -0.3 is 0 Å². The van der Waals surface area contributed by atoms with Crippen molar-refractivity contribution in [3.8, 4) is 33.4 Å². The molecular weight excluding hydrogens is 537 g/mol. The first kappa shape index (κ1) is 24.4. The molecule has 0 saturated carbocycles. The third kappa shape index (κ3) is 3.75. The van der Waals surface area contributed by atoms with E-state index in [0.29, 0.717) is 0 Å². The van der Waals surface area contributed by atoms with Crippen molar-refractivity contribution in [2.75, 3.05) is 0 Å². The summed E-state index contributed by atoms with van der Waals surface area (Å²) in [4.78, 5) is 0. The molecule has 0 bridgehead atoms. The fourth-order valence-electron chi connectivity index (χ4n) is 7.02. The lowest BCUT2D eigenvalue weighted by molar-refractivity contribution is 1.66. The lowest BCUT2D eigenvalue weighted by Crippen LogP contribution is -1.90. The number of hydrogen-bond donors (Lipinski definition) is 0. The second-order valence-electron chi connectivity index (χ2n) is 11.2. The number of fused-ring (bicyclic) bond motifs is 6. The zero-order valence-electron chi connectivity index (χ0n) is 23.4. The van der Waals surface area contributed by atoms with Gasteiger partial charge in [0.2, 0.25) is 0 Å². The molecular formula is C42H26S. The average Bonchev–Trinajstić information content (AvgIpc) is 3.45. The Morgan fingerprint density at radius 1 is 0.326 bits per heavy atom. The molecule has 0 atom stereocenters. The van der Waals surface area contributed by atoms with E-state index < -0.39 is 0 Å². The standard InChI is InChI=1S/C42H26S/c1-2-13-28(14-3-1)40-33-17-6-8-19-35(33)41(36-20-9-7-18-34(36)40)29-24-25-38-37(26-29)42-32(22-11-23-39(42)43-38)31-21-10-15-27-12-4-5-16-30(27)31/h1-26H. The van der Waals surface area contributed by atoms with Gasteiger partial charge in [0, 0.05) is 20.2 Å². The van der Waals surface area contributed by atoms with Gasteiger partial charge in [-0.15, -0.1) is 11.3 Å². The van der Waals surface area contributed by atoms with Gasteiger partial charge in [0.25, 0.3) is 0 Å². The first-order chi connectivity index (χ1) is 21.3. The Labute approximate surface area is 254 Å². The molecule has 1 aromatic heterocycles. The Hall–Kier alpha value is -5.24. The Balaban J connectivity index is 1.37. The van der Waals surface area contributed by atoms with E-state index in [1.54, 1.807) is 0 Å². The molecule has 0 aliphatic carbocycles. The summed E-state index contributed by atoms with van der Waals surface area (Å²) >= 11 is 1.89. The molecule has 0 unspecified atom stereocenters. The molecule has 43 heavy (non-hydrogen) atoms. The van der Waals surface area contributed by atoms with E-state index in [1.807, 2.05) is 11.3 Å². The highest BCUT2D eigenvalue weighted by atomic mass is 32.1. The fraction of sp³-hybridized carbons (Fsp3) is 0. The summed E-state index contributed by atoms with van der Waals surface area (Å²) in [5.41, 5.74) is 7.70. The quantitative estimate of drug-likeness (QED) is 0.188. The maximum Gasteiger partial charge on any atom is 0.0361 e. The van der Waals surface area contributed by atoms with Crippen molar-refractivity contribution < 1.29 is 0 Å². The normalized spacial score (nSPS) is 11.7. The molecule has 200 valence electrons. The van der Waals surface area contributed by atoms with E-state index in [9.17, 15) is 0 Å². The van der Waals surface area contributed by atoms with E-state index in [-0.39, 0.29) is 0 Å². The highest BCUT2D eigenvalue weighted by Crippen LogP contribution is 2.47. The smallest absolute Gasteiger partial charge is 0.0361 e. The fourth-order valence-corrected chi connectivity index (χ4v) is 8.13. The van der Waals surface area contributed by atoms with Crippen LogP contribution in [0, 0.1) is 0 Å². The molecule has 1 heteroatoms. The third-order valence-electron chi connectivity index (χ3n) is 8.86. The van der Waals surface area contributed by atoms with Crippen LogP contribution in [-0.2, 0) is 0 Å². The van der Waals surface area contributed by atoms with Crippen LogP contribution in [0.25, 0.3) is 85.9 Å². The van der Waals surface area contributed by atoms with Crippen LogP contribution in [0.4, 0.5) is 0 Å². The van der Waals surface area contributed by atoms with Crippen molar-refractivity contribution in [3.63, 3.8) is 0 Å². The zero-order valence-corrected chi connectivity index (χ0v) is 24.2. The molecule has 0 nitrogen and oxygen atoms in total. The van der Waals surface area contributed by atoms with Gasteiger partial charge in [-0.2, -0.15) is 0 Å². The molecule has 0 aliphatic heterocycles. The molecule has 0 spiro atoms. The summed E-state index contributed by atoms with van der Waals surface area (Å²) < 4.78 is 2.65. The van der Waals surface area contributed by atoms with E-state index >= 15 is 0 Å². The van der Waals surface area contributed by atoms with Gasteiger partial charge in [0.05, 0.1) is 0 Å². The van der Waals surface area contributed by atoms with Crippen LogP contribution in [0.2, 0.25) is 0 Å². The van der Waals surface area contributed by atoms with Crippen molar-refractivity contribution in [2.24, 2.45) is 0 Å². The number of thiophene rings is 1. The lowest BCUT2D eigenvalue weighted by atomic mass is 9.85. The van der Waals surface area contributed by atoms with Crippen molar-refractivity contribution in [3.05, 3.63) is 158 Å². The zero-order chi connectivity index (χ0) is 28.3. The molecule has 0 amide bonds. The van der Waals surface area contributed by atoms with E-state index in [2.05, 4.69) is 158 Å². The van der Waals surface area contributed by atoms with Crippen molar-refractivity contribution in [2.45, 2.75) is 0 Å². The number of hydrogen-bond acceptors (Lipinski definition) is 1. The third-order valence-corrected chi connectivity index (χ3v) is 9.99. The van der Waals surface area contributed by atoms with Gasteiger partial charge in [0.1, 0.15) is 0 Å². The van der Waals surface area contributed by atoms with Gasteiger partial charge in [-0.3, -0.25) is 0 Å². The Morgan fingerprint density at radius 2 is 0.884 bits per heavy atom. The van der Waals surface area contributed by atoms with Crippen molar-refractivity contribution in [1.82, 2.24) is 0 Å². The maximum atomic E-state index is 2.44. The van der Waals surface area contributed by atoms with Gasteiger partial charge in [-0.1, -0.05) is 140 Å². The molecule has 0 saturated heterocycles. The molecule has 9 rings (SSSR count). The maximum absolute atomic E-state index is 2.44. The Kier molecular flexibility index (Phi) is 5.47. The second kappa shape index (κ2) is 9.66. The summed E-state index contributed by atoms with van der Waals surface area (Å²) in [6.45, 7) is 0. The van der Waals surface area contributed by atoms with Crippen LogP contribution in [-0.4, -0.2) is 0 Å². The first-order valence-corrected chi connectivity index (χ1v) is 15.6. The van der Waals surface area contributed by atoms with Crippen LogP contribution in [0.3, 0.4) is 0 Å². The van der Waals surface area contributed by atoms with Gasteiger partial charge >= 0.3 is 0 Å². The topological polar surface area (TPSA) is 0 Å². The predicted octanol–water partition coefficient (Wildman–Crippen LogP) is 12.5. The average molecular weight is 563 g/mol. The van der Waals surface area contributed by atoms with Crippen LogP contribution < -0.4 is 0 Å². The molecule has 8 aromatic carbocycles. The minimum Gasteiger partial charge on any atom is -0.135 e. The lowest BCUT2D eigenvalue weighted by Gasteiger charge is -2.18. The van der Waals surface area contributed by atoms with Crippen molar-refractivity contribution in [1.29, 1.82) is 0 Å².